The second-order valence-corrected chi connectivity index (χ2v) is 5.39. The van der Waals surface area contributed by atoms with E-state index in [1.165, 1.54) is 5.56 Å². The molecule has 1 N–H and O–H groups in total. The van der Waals surface area contributed by atoms with Crippen LogP contribution in [0.1, 0.15) is 38.9 Å². The summed E-state index contributed by atoms with van der Waals surface area (Å²) in [5.41, 5.74) is 1.22. The molecule has 96 valence electrons. The van der Waals surface area contributed by atoms with E-state index in [9.17, 15) is 0 Å². The molecule has 0 bridgehead atoms. The quantitative estimate of drug-likeness (QED) is 0.824. The number of nitrogens with one attached hydrogen (secondary N) is 1. The van der Waals surface area contributed by atoms with E-state index < -0.39 is 0 Å². The van der Waals surface area contributed by atoms with Crippen LogP contribution in [0.2, 0.25) is 0 Å². The van der Waals surface area contributed by atoms with Crippen molar-refractivity contribution in [3.05, 3.63) is 34.3 Å². The third-order valence-electron chi connectivity index (χ3n) is 2.46. The van der Waals surface area contributed by atoms with Crippen molar-refractivity contribution < 1.29 is 4.74 Å². The highest BCUT2D eigenvalue weighted by Crippen LogP contribution is 2.21. The molecule has 0 aliphatic heterocycles. The first-order valence-electron chi connectivity index (χ1n) is 6.24. The molecule has 0 radical (unpaired) electrons. The van der Waals surface area contributed by atoms with E-state index in [1.807, 2.05) is 6.07 Å². The van der Waals surface area contributed by atoms with Crippen LogP contribution in [0, 0.1) is 0 Å². The first-order valence-corrected chi connectivity index (χ1v) is 7.03. The lowest BCUT2D eigenvalue weighted by molar-refractivity contribution is 0.0517. The summed E-state index contributed by atoms with van der Waals surface area (Å²) in [7, 11) is 0. The maximum Gasteiger partial charge on any atom is 0.0949 e. The molecule has 3 heteroatoms. The lowest BCUT2D eigenvalue weighted by Gasteiger charge is -2.20. The minimum absolute atomic E-state index is 0.134. The highest BCUT2D eigenvalue weighted by molar-refractivity contribution is 9.10. The van der Waals surface area contributed by atoms with Crippen LogP contribution in [0.3, 0.4) is 0 Å². The molecule has 2 nitrogen and oxygen atoms in total. The highest BCUT2D eigenvalue weighted by Gasteiger charge is 2.12. The average Bonchev–Trinajstić information content (AvgIpc) is 2.29. The minimum atomic E-state index is 0.134. The predicted octanol–water partition coefficient (Wildman–Crippen LogP) is 3.91. The Morgan fingerprint density at radius 1 is 1.35 bits per heavy atom. The van der Waals surface area contributed by atoms with Crippen molar-refractivity contribution in [1.82, 2.24) is 5.32 Å². The molecule has 0 saturated carbocycles. The summed E-state index contributed by atoms with van der Waals surface area (Å²) in [6.07, 6.45) is 1.18. The molecule has 1 aromatic rings. The zero-order chi connectivity index (χ0) is 12.7. The molecule has 0 aliphatic rings. The highest BCUT2D eigenvalue weighted by atomic mass is 79.9. The van der Waals surface area contributed by atoms with Crippen LogP contribution in [0.4, 0.5) is 0 Å². The van der Waals surface area contributed by atoms with E-state index in [-0.39, 0.29) is 6.10 Å². The SMILES string of the molecule is CCCOC(CNC(C)C)c1cccc(Br)c1. The Kier molecular flexibility index (Phi) is 6.78. The van der Waals surface area contributed by atoms with E-state index in [0.717, 1.165) is 24.0 Å². The van der Waals surface area contributed by atoms with Gasteiger partial charge in [0, 0.05) is 23.7 Å². The maximum atomic E-state index is 5.90. The summed E-state index contributed by atoms with van der Waals surface area (Å²) in [6.45, 7) is 8.09. The van der Waals surface area contributed by atoms with Crippen molar-refractivity contribution >= 4 is 15.9 Å². The first kappa shape index (κ1) is 14.7. The van der Waals surface area contributed by atoms with Crippen LogP contribution in [0.15, 0.2) is 28.7 Å². The van der Waals surface area contributed by atoms with Crippen molar-refractivity contribution in [2.24, 2.45) is 0 Å². The van der Waals surface area contributed by atoms with E-state index in [0.29, 0.717) is 6.04 Å². The van der Waals surface area contributed by atoms with Gasteiger partial charge in [-0.15, -0.1) is 0 Å². The lowest BCUT2D eigenvalue weighted by atomic mass is 10.1. The molecule has 0 spiro atoms. The van der Waals surface area contributed by atoms with E-state index >= 15 is 0 Å². The molecule has 0 amide bonds. The van der Waals surface area contributed by atoms with Crippen molar-refractivity contribution in [3.8, 4) is 0 Å². The van der Waals surface area contributed by atoms with Gasteiger partial charge in [0.25, 0.3) is 0 Å². The maximum absolute atomic E-state index is 5.90. The van der Waals surface area contributed by atoms with E-state index in [4.69, 9.17) is 4.74 Å². The van der Waals surface area contributed by atoms with Gasteiger partial charge in [-0.25, -0.2) is 0 Å². The molecule has 0 aliphatic carbocycles. The molecule has 1 unspecified atom stereocenters. The Balaban J connectivity index is 2.67. The van der Waals surface area contributed by atoms with Gasteiger partial charge in [-0.05, 0) is 24.1 Å². The zero-order valence-corrected chi connectivity index (χ0v) is 12.5. The van der Waals surface area contributed by atoms with Crippen molar-refractivity contribution in [3.63, 3.8) is 0 Å². The molecule has 1 rings (SSSR count). The number of ether oxygens (including phenoxy) is 1. The third-order valence-corrected chi connectivity index (χ3v) is 2.95. The third kappa shape index (κ3) is 5.66. The number of hydrogen-bond acceptors (Lipinski definition) is 2. The summed E-state index contributed by atoms with van der Waals surface area (Å²) in [4.78, 5) is 0. The van der Waals surface area contributed by atoms with E-state index in [2.05, 4.69) is 60.2 Å². The molecular weight excluding hydrogens is 278 g/mol. The minimum Gasteiger partial charge on any atom is -0.372 e. The van der Waals surface area contributed by atoms with Crippen molar-refractivity contribution in [2.75, 3.05) is 13.2 Å². The van der Waals surface area contributed by atoms with Crippen molar-refractivity contribution in [1.29, 1.82) is 0 Å². The number of halogens is 1. The standard InChI is InChI=1S/C14H22BrNO/c1-4-8-17-14(10-16-11(2)3)12-6-5-7-13(15)9-12/h5-7,9,11,14,16H,4,8,10H2,1-3H3. The predicted molar refractivity (Wildman–Crippen MR) is 76.3 cm³/mol. The van der Waals surface area contributed by atoms with Crippen LogP contribution in [-0.2, 0) is 4.74 Å². The fraction of sp³-hybridized carbons (Fsp3) is 0.571. The summed E-state index contributed by atoms with van der Waals surface area (Å²) < 4.78 is 7.00. The van der Waals surface area contributed by atoms with Crippen LogP contribution in [0.5, 0.6) is 0 Å². The first-order chi connectivity index (χ1) is 8.13. The van der Waals surface area contributed by atoms with Crippen LogP contribution >= 0.6 is 15.9 Å². The lowest BCUT2D eigenvalue weighted by Crippen LogP contribution is -2.29. The number of hydrogen-bond donors (Lipinski definition) is 1. The molecular formula is C14H22BrNO. The van der Waals surface area contributed by atoms with Gasteiger partial charge in [0.2, 0.25) is 0 Å². The van der Waals surface area contributed by atoms with Gasteiger partial charge >= 0.3 is 0 Å². The number of benzene rings is 1. The van der Waals surface area contributed by atoms with Gasteiger partial charge in [0.15, 0.2) is 0 Å². The fourth-order valence-corrected chi connectivity index (χ4v) is 2.00. The Morgan fingerprint density at radius 3 is 2.71 bits per heavy atom. The topological polar surface area (TPSA) is 21.3 Å². The Labute approximate surface area is 113 Å². The van der Waals surface area contributed by atoms with E-state index in [1.54, 1.807) is 0 Å². The number of rotatable bonds is 7. The van der Waals surface area contributed by atoms with Gasteiger partial charge in [-0.2, -0.15) is 0 Å². The van der Waals surface area contributed by atoms with Gasteiger partial charge in [0.1, 0.15) is 0 Å². The Bertz CT molecular complexity index is 328. The van der Waals surface area contributed by atoms with Gasteiger partial charge in [0.05, 0.1) is 6.10 Å². The molecule has 0 aromatic heterocycles. The summed E-state index contributed by atoms with van der Waals surface area (Å²) in [5, 5.41) is 3.43. The summed E-state index contributed by atoms with van der Waals surface area (Å²) >= 11 is 3.50. The van der Waals surface area contributed by atoms with Crippen LogP contribution in [0.25, 0.3) is 0 Å². The summed E-state index contributed by atoms with van der Waals surface area (Å²) in [5.74, 6) is 0. The fourth-order valence-electron chi connectivity index (χ4n) is 1.58. The molecule has 0 fully saturated rings. The molecule has 17 heavy (non-hydrogen) atoms. The normalized spacial score (nSPS) is 13.0. The largest absolute Gasteiger partial charge is 0.372 e. The van der Waals surface area contributed by atoms with Crippen LogP contribution in [-0.4, -0.2) is 19.2 Å². The smallest absolute Gasteiger partial charge is 0.0949 e. The van der Waals surface area contributed by atoms with Gasteiger partial charge in [-0.3, -0.25) is 0 Å². The Morgan fingerprint density at radius 2 is 2.12 bits per heavy atom. The molecule has 1 aromatic carbocycles. The van der Waals surface area contributed by atoms with Crippen molar-refractivity contribution in [2.45, 2.75) is 39.3 Å². The summed E-state index contributed by atoms with van der Waals surface area (Å²) in [6, 6.07) is 8.82. The second-order valence-electron chi connectivity index (χ2n) is 4.48. The van der Waals surface area contributed by atoms with Gasteiger partial charge < -0.3 is 10.1 Å². The zero-order valence-electron chi connectivity index (χ0n) is 10.9. The molecule has 1 atom stereocenters. The molecule has 0 saturated heterocycles. The van der Waals surface area contributed by atoms with Crippen LogP contribution < -0.4 is 5.32 Å². The second kappa shape index (κ2) is 7.85. The van der Waals surface area contributed by atoms with Gasteiger partial charge in [-0.1, -0.05) is 48.8 Å². The average molecular weight is 300 g/mol. The monoisotopic (exact) mass is 299 g/mol. The Hall–Kier alpha value is -0.380. The molecule has 0 heterocycles.